The smallest absolute Gasteiger partial charge is 0.427 e. The fourth-order valence-corrected chi connectivity index (χ4v) is 5.54. The molecule has 1 aromatic carbocycles. The Hall–Kier alpha value is -3.34. The predicted molar refractivity (Wildman–Crippen MR) is 132 cm³/mol. The van der Waals surface area contributed by atoms with E-state index in [1.165, 1.54) is 19.1 Å². The van der Waals surface area contributed by atoms with Gasteiger partial charge in [-0.05, 0) is 45.9 Å². The number of hydrogen-bond acceptors (Lipinski definition) is 7. The molecule has 2 aromatic rings. The van der Waals surface area contributed by atoms with Crippen LogP contribution in [-0.2, 0) is 19.6 Å². The van der Waals surface area contributed by atoms with Crippen LogP contribution < -0.4 is 19.7 Å². The molecule has 1 aromatic heterocycles. The van der Waals surface area contributed by atoms with Gasteiger partial charge in [0, 0.05) is 12.6 Å². The van der Waals surface area contributed by atoms with E-state index in [4.69, 9.17) is 16.3 Å². The fraction of sp³-hybridized carbons (Fsp3) is 0.500. The maximum atomic E-state index is 13.7. The largest absolute Gasteiger partial charge is 0.484 e. The fourth-order valence-electron chi connectivity index (χ4n) is 3.64. The minimum absolute atomic E-state index is 0.0473. The Morgan fingerprint density at radius 2 is 1.82 bits per heavy atom. The summed E-state index contributed by atoms with van der Waals surface area (Å²) in [5.41, 5.74) is -4.39. The number of ether oxygens (including phenoxy) is 2. The van der Waals surface area contributed by atoms with Gasteiger partial charge in [0.2, 0.25) is 11.5 Å². The van der Waals surface area contributed by atoms with Crippen LogP contribution in [0.4, 0.5) is 38.1 Å². The molecule has 0 saturated heterocycles. The maximum Gasteiger partial charge on any atom is 0.427 e. The van der Waals surface area contributed by atoms with Crippen LogP contribution in [0.1, 0.15) is 41.2 Å². The van der Waals surface area contributed by atoms with Gasteiger partial charge >= 0.3 is 18.8 Å². The molecule has 222 valence electrons. The zero-order valence-corrected chi connectivity index (χ0v) is 23.2. The molecule has 40 heavy (non-hydrogen) atoms. The number of fused-ring (bicyclic) bond motifs is 1. The summed E-state index contributed by atoms with van der Waals surface area (Å²) in [6, 6.07) is 3.51. The molecule has 0 saturated carbocycles. The molecule has 1 aliphatic rings. The number of nitrogens with zero attached hydrogens (tertiary/aromatic N) is 3. The molecule has 2 amide bonds. The zero-order chi connectivity index (χ0) is 30.4. The molecule has 18 heteroatoms. The summed E-state index contributed by atoms with van der Waals surface area (Å²) >= 11 is 5.89. The molecule has 11 nitrogen and oxygen atoms in total. The highest BCUT2D eigenvalue weighted by molar-refractivity contribution is 7.93. The van der Waals surface area contributed by atoms with E-state index < -0.39 is 68.6 Å². The predicted octanol–water partition coefficient (Wildman–Crippen LogP) is 4.69. The summed E-state index contributed by atoms with van der Waals surface area (Å²) in [7, 11) is -4.73. The van der Waals surface area contributed by atoms with Gasteiger partial charge in [-0.1, -0.05) is 11.6 Å². The topological polar surface area (TPSA) is 132 Å². The average molecular weight is 618 g/mol. The van der Waals surface area contributed by atoms with Crippen molar-refractivity contribution in [3.63, 3.8) is 0 Å². The van der Waals surface area contributed by atoms with E-state index in [1.807, 2.05) is 0 Å². The second-order valence-electron chi connectivity index (χ2n) is 9.79. The van der Waals surface area contributed by atoms with E-state index >= 15 is 0 Å². The van der Waals surface area contributed by atoms with Gasteiger partial charge in [-0.3, -0.25) is 14.4 Å². The highest BCUT2D eigenvalue weighted by Crippen LogP contribution is 2.42. The lowest BCUT2D eigenvalue weighted by atomic mass is 9.95. The lowest BCUT2D eigenvalue weighted by Gasteiger charge is -2.42. The number of carbonyl (C=O) groups is 2. The molecule has 2 heterocycles. The molecular formula is C22H25ClF5N5O6S. The lowest BCUT2D eigenvalue weighted by molar-refractivity contribution is -0.242. The Morgan fingerprint density at radius 3 is 2.35 bits per heavy atom. The summed E-state index contributed by atoms with van der Waals surface area (Å²) < 4.78 is 104. The van der Waals surface area contributed by atoms with Crippen molar-refractivity contribution in [2.24, 2.45) is 0 Å². The minimum Gasteiger partial charge on any atom is -0.484 e. The van der Waals surface area contributed by atoms with Crippen molar-refractivity contribution in [3.05, 3.63) is 29.5 Å². The molecule has 0 radical (unpaired) electrons. The number of nitrogens with one attached hydrogen (secondary N) is 2. The van der Waals surface area contributed by atoms with Gasteiger partial charge in [0.25, 0.3) is 10.0 Å². The lowest BCUT2D eigenvalue weighted by Crippen LogP contribution is -2.60. The van der Waals surface area contributed by atoms with E-state index in [2.05, 4.69) is 20.5 Å². The van der Waals surface area contributed by atoms with E-state index in [9.17, 15) is 40.0 Å². The third-order valence-electron chi connectivity index (χ3n) is 5.83. The molecule has 0 spiro atoms. The summed E-state index contributed by atoms with van der Waals surface area (Å²) in [6.07, 6.45) is -6.86. The average Bonchev–Trinajstić information content (AvgIpc) is 3.19. The van der Waals surface area contributed by atoms with Crippen molar-refractivity contribution in [1.29, 1.82) is 0 Å². The summed E-state index contributed by atoms with van der Waals surface area (Å²) in [5, 5.41) is 7.30. The Morgan fingerprint density at radius 1 is 1.20 bits per heavy atom. The molecule has 1 aliphatic heterocycles. The van der Waals surface area contributed by atoms with Crippen LogP contribution in [0.3, 0.4) is 0 Å². The van der Waals surface area contributed by atoms with Crippen LogP contribution in [-0.4, -0.2) is 60.2 Å². The number of halogens is 6. The number of hydrogen-bond donors (Lipinski definition) is 2. The van der Waals surface area contributed by atoms with Crippen molar-refractivity contribution in [2.45, 2.75) is 69.5 Å². The summed E-state index contributed by atoms with van der Waals surface area (Å²) in [4.78, 5) is 23.2. The quantitative estimate of drug-likeness (QED) is 0.431. The monoisotopic (exact) mass is 617 g/mol. The SMILES string of the molecule is CC(=O)NC(C)(C)[C@@H]1CN(S(=O)(=O)c2cn(C(F)F)nc2Cl)c2cc(NC(=O)OC(C)(C)C(F)(F)F)ccc2O1. The number of sulfonamides is 1. The van der Waals surface area contributed by atoms with Gasteiger partial charge in [0.1, 0.15) is 16.7 Å². The number of carbonyl (C=O) groups excluding carboxylic acids is 2. The highest BCUT2D eigenvalue weighted by atomic mass is 35.5. The first-order chi connectivity index (χ1) is 18.2. The molecule has 2 N–H and O–H groups in total. The van der Waals surface area contributed by atoms with Crippen LogP contribution in [0.25, 0.3) is 0 Å². The Balaban J connectivity index is 2.06. The Labute approximate surface area is 230 Å². The minimum atomic E-state index is -4.88. The first-order valence-electron chi connectivity index (χ1n) is 11.4. The van der Waals surface area contributed by atoms with Gasteiger partial charge in [-0.25, -0.2) is 17.9 Å². The second kappa shape index (κ2) is 10.6. The number of amides is 2. The zero-order valence-electron chi connectivity index (χ0n) is 21.6. The first kappa shape index (κ1) is 31.2. The van der Waals surface area contributed by atoms with E-state index in [1.54, 1.807) is 13.8 Å². The molecule has 1 atom stereocenters. The second-order valence-corrected chi connectivity index (χ2v) is 12.0. The Bertz CT molecular complexity index is 1410. The normalized spacial score (nSPS) is 16.3. The highest BCUT2D eigenvalue weighted by Gasteiger charge is 2.51. The number of anilines is 2. The maximum absolute atomic E-state index is 13.7. The number of aromatic nitrogens is 2. The van der Waals surface area contributed by atoms with Crippen LogP contribution in [0.5, 0.6) is 5.75 Å². The third kappa shape index (κ3) is 6.35. The van der Waals surface area contributed by atoms with Crippen molar-refractivity contribution < 1.29 is 49.4 Å². The van der Waals surface area contributed by atoms with Crippen molar-refractivity contribution >= 4 is 45.0 Å². The Kier molecular flexibility index (Phi) is 8.24. The van der Waals surface area contributed by atoms with Gasteiger partial charge in [0.15, 0.2) is 5.15 Å². The van der Waals surface area contributed by atoms with Crippen LogP contribution in [0.15, 0.2) is 29.3 Å². The van der Waals surface area contributed by atoms with E-state index in [-0.39, 0.29) is 21.8 Å². The van der Waals surface area contributed by atoms with E-state index in [0.717, 1.165) is 10.4 Å². The third-order valence-corrected chi connectivity index (χ3v) is 8.00. The summed E-state index contributed by atoms with van der Waals surface area (Å²) in [5.74, 6) is -0.528. The van der Waals surface area contributed by atoms with Crippen LogP contribution in [0.2, 0.25) is 5.15 Å². The molecule has 0 aliphatic carbocycles. The van der Waals surface area contributed by atoms with Crippen molar-refractivity contribution in [1.82, 2.24) is 15.1 Å². The number of alkyl halides is 5. The molecular weight excluding hydrogens is 593 g/mol. The van der Waals surface area contributed by atoms with Gasteiger partial charge in [-0.2, -0.15) is 27.1 Å². The van der Waals surface area contributed by atoms with Crippen molar-refractivity contribution in [3.8, 4) is 5.75 Å². The van der Waals surface area contributed by atoms with Gasteiger partial charge in [-0.15, -0.1) is 0 Å². The van der Waals surface area contributed by atoms with Crippen LogP contribution in [0, 0.1) is 0 Å². The molecule has 3 rings (SSSR count). The van der Waals surface area contributed by atoms with Crippen LogP contribution >= 0.6 is 11.6 Å². The van der Waals surface area contributed by atoms with Gasteiger partial charge in [0.05, 0.1) is 24.0 Å². The van der Waals surface area contributed by atoms with Gasteiger partial charge < -0.3 is 14.8 Å². The van der Waals surface area contributed by atoms with Crippen molar-refractivity contribution in [2.75, 3.05) is 16.2 Å². The van der Waals surface area contributed by atoms with E-state index in [0.29, 0.717) is 20.0 Å². The molecule has 0 fully saturated rings. The number of benzene rings is 1. The standard InChI is InChI=1S/C22H25ClF5N5O6S/c1-11(34)30-20(2,3)16-10-33(40(36,37)15-9-32(18(24)25)31-17(15)23)13-8-12(6-7-14(13)38-16)29-19(35)39-21(4,5)22(26,27)28/h6-9,16,18H,10H2,1-5H3,(H,29,35)(H,30,34)/t16-/m0/s1. The first-order valence-corrected chi connectivity index (χ1v) is 13.2. The summed E-state index contributed by atoms with van der Waals surface area (Å²) in [6.45, 7) is 1.96. The molecule has 0 bridgehead atoms. The number of rotatable bonds is 7. The molecule has 0 unspecified atom stereocenters.